The molecule has 1 atom stereocenters. The van der Waals surface area contributed by atoms with E-state index in [1.807, 2.05) is 6.07 Å². The lowest BCUT2D eigenvalue weighted by Crippen LogP contribution is -2.38. The number of aryl methyl sites for hydroxylation is 1. The number of H-pyrrole nitrogens is 1. The van der Waals surface area contributed by atoms with E-state index in [1.54, 1.807) is 12.3 Å². The molecule has 2 aromatic heterocycles. The molecule has 5 nitrogen and oxygen atoms in total. The first-order valence-electron chi connectivity index (χ1n) is 8.42. The number of aromatic nitrogens is 3. The van der Waals surface area contributed by atoms with Crippen LogP contribution < -0.4 is 10.9 Å². The van der Waals surface area contributed by atoms with E-state index in [0.717, 1.165) is 18.5 Å². The Labute approximate surface area is 140 Å². The second kappa shape index (κ2) is 5.60. The molecule has 0 spiro atoms. The van der Waals surface area contributed by atoms with Crippen LogP contribution in [0.25, 0.3) is 5.65 Å². The van der Waals surface area contributed by atoms with Crippen molar-refractivity contribution in [3.63, 3.8) is 0 Å². The molecule has 0 aliphatic heterocycles. The van der Waals surface area contributed by atoms with E-state index in [9.17, 15) is 4.79 Å². The molecule has 0 saturated heterocycles. The van der Waals surface area contributed by atoms with Gasteiger partial charge in [0.25, 0.3) is 5.56 Å². The minimum atomic E-state index is -0.0786. The standard InChI is InChI=1S/C19H22N4O/c1-19(2)9-7-13-5-3-4-6-15(13)18(19)20-12-14-11-17(24)23-16(22-14)8-10-21-23/h3-6,8,10-11,18,20-21H,7,9,12H2,1-2H3/t18-/m1/s1. The molecule has 2 heterocycles. The molecule has 3 aromatic rings. The van der Waals surface area contributed by atoms with E-state index in [1.165, 1.54) is 15.6 Å². The lowest BCUT2D eigenvalue weighted by molar-refractivity contribution is 0.207. The van der Waals surface area contributed by atoms with Crippen molar-refractivity contribution in [1.29, 1.82) is 0 Å². The van der Waals surface area contributed by atoms with Crippen molar-refractivity contribution in [3.05, 3.63) is 69.8 Å². The van der Waals surface area contributed by atoms with Crippen molar-refractivity contribution >= 4 is 5.65 Å². The summed E-state index contributed by atoms with van der Waals surface area (Å²) < 4.78 is 1.45. The monoisotopic (exact) mass is 322 g/mol. The highest BCUT2D eigenvalue weighted by Gasteiger charge is 2.35. The summed E-state index contributed by atoms with van der Waals surface area (Å²) in [5.41, 5.74) is 4.31. The maximum atomic E-state index is 12.1. The highest BCUT2D eigenvalue weighted by atomic mass is 16.1. The zero-order valence-electron chi connectivity index (χ0n) is 14.0. The van der Waals surface area contributed by atoms with E-state index in [4.69, 9.17) is 0 Å². The number of hydrogen-bond acceptors (Lipinski definition) is 3. The Bertz CT molecular complexity index is 938. The van der Waals surface area contributed by atoms with Crippen molar-refractivity contribution in [1.82, 2.24) is 19.9 Å². The van der Waals surface area contributed by atoms with Gasteiger partial charge in [0.2, 0.25) is 0 Å². The molecule has 1 aromatic carbocycles. The van der Waals surface area contributed by atoms with Gasteiger partial charge in [-0.15, -0.1) is 0 Å². The van der Waals surface area contributed by atoms with Crippen molar-refractivity contribution in [2.24, 2.45) is 5.41 Å². The third-order valence-corrected chi connectivity index (χ3v) is 5.11. The van der Waals surface area contributed by atoms with Crippen LogP contribution >= 0.6 is 0 Å². The first-order valence-corrected chi connectivity index (χ1v) is 8.42. The van der Waals surface area contributed by atoms with Crippen LogP contribution in [0.3, 0.4) is 0 Å². The summed E-state index contributed by atoms with van der Waals surface area (Å²) in [5.74, 6) is 0. The van der Waals surface area contributed by atoms with E-state index in [0.29, 0.717) is 12.2 Å². The maximum absolute atomic E-state index is 12.1. The Morgan fingerprint density at radius 1 is 1.33 bits per heavy atom. The predicted molar refractivity (Wildman–Crippen MR) is 93.9 cm³/mol. The summed E-state index contributed by atoms with van der Waals surface area (Å²) in [5, 5.41) is 6.52. The lowest BCUT2D eigenvalue weighted by atomic mass is 9.70. The van der Waals surface area contributed by atoms with Crippen LogP contribution in [-0.2, 0) is 13.0 Å². The quantitative estimate of drug-likeness (QED) is 0.779. The van der Waals surface area contributed by atoms with Crippen LogP contribution in [-0.4, -0.2) is 14.6 Å². The fraction of sp³-hybridized carbons (Fsp3) is 0.368. The van der Waals surface area contributed by atoms with Gasteiger partial charge in [0, 0.05) is 30.9 Å². The number of aromatic amines is 1. The van der Waals surface area contributed by atoms with Crippen LogP contribution in [0.2, 0.25) is 0 Å². The van der Waals surface area contributed by atoms with Gasteiger partial charge < -0.3 is 5.32 Å². The lowest BCUT2D eigenvalue weighted by Gasteiger charge is -2.40. The number of nitrogens with one attached hydrogen (secondary N) is 2. The smallest absolute Gasteiger partial charge is 0.272 e. The van der Waals surface area contributed by atoms with Gasteiger partial charge in [-0.1, -0.05) is 38.1 Å². The van der Waals surface area contributed by atoms with Crippen molar-refractivity contribution in [2.45, 2.75) is 39.3 Å². The molecule has 0 saturated carbocycles. The minimum Gasteiger partial charge on any atom is -0.304 e. The van der Waals surface area contributed by atoms with Gasteiger partial charge in [-0.2, -0.15) is 0 Å². The Hall–Kier alpha value is -2.40. The van der Waals surface area contributed by atoms with E-state index >= 15 is 0 Å². The van der Waals surface area contributed by atoms with Crippen LogP contribution in [0, 0.1) is 5.41 Å². The minimum absolute atomic E-state index is 0.0786. The SMILES string of the molecule is CC1(C)CCc2ccccc2[C@H]1NCc1cc(=O)n2[nH]ccc2n1. The summed E-state index contributed by atoms with van der Waals surface area (Å²) >= 11 is 0. The zero-order chi connectivity index (χ0) is 16.7. The highest BCUT2D eigenvalue weighted by molar-refractivity contribution is 5.37. The second-order valence-corrected chi connectivity index (χ2v) is 7.24. The first-order chi connectivity index (χ1) is 11.5. The summed E-state index contributed by atoms with van der Waals surface area (Å²) in [6.45, 7) is 5.19. The Morgan fingerprint density at radius 2 is 2.17 bits per heavy atom. The van der Waals surface area contributed by atoms with Gasteiger partial charge in [0.1, 0.15) is 0 Å². The molecule has 1 aliphatic rings. The summed E-state index contributed by atoms with van der Waals surface area (Å²) in [6, 6.07) is 12.3. The summed E-state index contributed by atoms with van der Waals surface area (Å²) in [7, 11) is 0. The third kappa shape index (κ3) is 2.55. The highest BCUT2D eigenvalue weighted by Crippen LogP contribution is 2.43. The van der Waals surface area contributed by atoms with Gasteiger partial charge >= 0.3 is 0 Å². The van der Waals surface area contributed by atoms with Crippen molar-refractivity contribution in [3.8, 4) is 0 Å². The molecule has 24 heavy (non-hydrogen) atoms. The van der Waals surface area contributed by atoms with Crippen LogP contribution in [0.4, 0.5) is 0 Å². The fourth-order valence-corrected chi connectivity index (χ4v) is 3.73. The molecule has 2 N–H and O–H groups in total. The van der Waals surface area contributed by atoms with Crippen LogP contribution in [0.1, 0.15) is 43.1 Å². The van der Waals surface area contributed by atoms with E-state index < -0.39 is 0 Å². The molecule has 0 amide bonds. The third-order valence-electron chi connectivity index (χ3n) is 5.11. The topological polar surface area (TPSA) is 62.2 Å². The largest absolute Gasteiger partial charge is 0.304 e. The average molecular weight is 322 g/mol. The number of rotatable bonds is 3. The second-order valence-electron chi connectivity index (χ2n) is 7.24. The van der Waals surface area contributed by atoms with Gasteiger partial charge in [-0.05, 0) is 29.4 Å². The molecule has 0 bridgehead atoms. The number of fused-ring (bicyclic) bond motifs is 2. The Morgan fingerprint density at radius 3 is 3.04 bits per heavy atom. The molecule has 1 aliphatic carbocycles. The number of hydrogen-bond donors (Lipinski definition) is 2. The summed E-state index contributed by atoms with van der Waals surface area (Å²) in [6.07, 6.45) is 3.99. The molecular weight excluding hydrogens is 300 g/mol. The van der Waals surface area contributed by atoms with Crippen molar-refractivity contribution in [2.75, 3.05) is 0 Å². The normalized spacial score (nSPS) is 19.3. The predicted octanol–water partition coefficient (Wildman–Crippen LogP) is 2.83. The molecule has 0 radical (unpaired) electrons. The number of benzene rings is 1. The van der Waals surface area contributed by atoms with Gasteiger partial charge in [-0.25, -0.2) is 9.50 Å². The molecule has 4 rings (SSSR count). The van der Waals surface area contributed by atoms with Gasteiger partial charge in [0.05, 0.1) is 5.69 Å². The van der Waals surface area contributed by atoms with Crippen LogP contribution in [0.15, 0.2) is 47.4 Å². The molecule has 0 fully saturated rings. The average Bonchev–Trinajstić information content (AvgIpc) is 3.03. The van der Waals surface area contributed by atoms with Crippen LogP contribution in [0.5, 0.6) is 0 Å². The maximum Gasteiger partial charge on any atom is 0.272 e. The van der Waals surface area contributed by atoms with Gasteiger partial charge in [-0.3, -0.25) is 9.89 Å². The molecule has 124 valence electrons. The zero-order valence-corrected chi connectivity index (χ0v) is 14.0. The first kappa shape index (κ1) is 15.1. The van der Waals surface area contributed by atoms with E-state index in [2.05, 4.69) is 53.5 Å². The molecular formula is C19H22N4O. The number of nitrogens with zero attached hydrogens (tertiary/aromatic N) is 2. The summed E-state index contributed by atoms with van der Waals surface area (Å²) in [4.78, 5) is 16.7. The molecule has 5 heteroatoms. The fourth-order valence-electron chi connectivity index (χ4n) is 3.73. The molecule has 0 unspecified atom stereocenters. The Kier molecular flexibility index (Phi) is 3.53. The van der Waals surface area contributed by atoms with Gasteiger partial charge in [0.15, 0.2) is 5.65 Å². The van der Waals surface area contributed by atoms with E-state index in [-0.39, 0.29) is 17.0 Å². The Balaban J connectivity index is 1.63. The van der Waals surface area contributed by atoms with Crippen molar-refractivity contribution < 1.29 is 0 Å².